The molecule has 1 aromatic carbocycles. The average molecular weight is 163 g/mol. The highest BCUT2D eigenvalue weighted by molar-refractivity contribution is 5.56. The summed E-state index contributed by atoms with van der Waals surface area (Å²) in [5.41, 5.74) is 6.83. The first-order valence-electron chi connectivity index (χ1n) is 3.31. The van der Waals surface area contributed by atoms with Crippen molar-refractivity contribution in [3.05, 3.63) is 24.3 Å². The van der Waals surface area contributed by atoms with Gasteiger partial charge in [-0.25, -0.2) is 0 Å². The number of benzene rings is 1. The molecule has 0 saturated carbocycles. The van der Waals surface area contributed by atoms with Gasteiger partial charge in [-0.05, 0) is 18.2 Å². The molecular formula is C7H9N5. The summed E-state index contributed by atoms with van der Waals surface area (Å²) in [5, 5.41) is 10.5. The summed E-state index contributed by atoms with van der Waals surface area (Å²) in [6, 6.07) is 7.05. The van der Waals surface area contributed by atoms with E-state index in [1.54, 1.807) is 24.3 Å². The molecule has 1 aromatic rings. The van der Waals surface area contributed by atoms with E-state index in [0.717, 1.165) is 6.34 Å². The minimum atomic E-state index is 0.649. The number of rotatable bonds is 2. The minimum Gasteiger partial charge on any atom is -0.399 e. The highest BCUT2D eigenvalue weighted by Crippen LogP contribution is 2.14. The van der Waals surface area contributed by atoms with Crippen LogP contribution in [-0.4, -0.2) is 6.34 Å². The van der Waals surface area contributed by atoms with Gasteiger partial charge in [-0.3, -0.25) is 0 Å². The van der Waals surface area contributed by atoms with E-state index in [1.165, 1.54) is 0 Å². The second kappa shape index (κ2) is 4.07. The first kappa shape index (κ1) is 8.19. The fraction of sp³-hybridized carbons (Fsp3) is 0. The Morgan fingerprint density at radius 3 is 2.83 bits per heavy atom. The van der Waals surface area contributed by atoms with Crippen LogP contribution in [0.4, 0.5) is 11.4 Å². The van der Waals surface area contributed by atoms with Gasteiger partial charge in [0.2, 0.25) is 0 Å². The number of anilines is 1. The Morgan fingerprint density at radius 1 is 1.33 bits per heavy atom. The lowest BCUT2D eigenvalue weighted by atomic mass is 10.3. The van der Waals surface area contributed by atoms with E-state index in [-0.39, 0.29) is 0 Å². The van der Waals surface area contributed by atoms with Crippen LogP contribution >= 0.6 is 0 Å². The Kier molecular flexibility index (Phi) is 2.78. The third-order valence-corrected chi connectivity index (χ3v) is 1.16. The highest BCUT2D eigenvalue weighted by atomic mass is 15.2. The van der Waals surface area contributed by atoms with Gasteiger partial charge in [0.15, 0.2) is 6.34 Å². The molecule has 4 N–H and O–H groups in total. The van der Waals surface area contributed by atoms with Gasteiger partial charge in [0, 0.05) is 5.69 Å². The number of nitrogen functional groups attached to an aromatic ring is 1. The molecule has 5 heteroatoms. The lowest BCUT2D eigenvalue weighted by molar-refractivity contribution is 1.21. The van der Waals surface area contributed by atoms with Crippen molar-refractivity contribution in [1.82, 2.24) is 0 Å². The van der Waals surface area contributed by atoms with E-state index in [2.05, 4.69) is 15.3 Å². The van der Waals surface area contributed by atoms with Crippen LogP contribution in [0.1, 0.15) is 0 Å². The van der Waals surface area contributed by atoms with Crippen molar-refractivity contribution < 1.29 is 0 Å². The van der Waals surface area contributed by atoms with Crippen LogP contribution in [-0.2, 0) is 0 Å². The number of hydrogen-bond acceptors (Lipinski definition) is 4. The maximum Gasteiger partial charge on any atom is 0.157 e. The zero-order valence-electron chi connectivity index (χ0n) is 6.38. The van der Waals surface area contributed by atoms with Crippen LogP contribution < -0.4 is 11.6 Å². The highest BCUT2D eigenvalue weighted by Gasteiger charge is 1.87. The molecule has 0 heterocycles. The van der Waals surface area contributed by atoms with Gasteiger partial charge in [-0.1, -0.05) is 6.07 Å². The average Bonchev–Trinajstić information content (AvgIpc) is 2.05. The fourth-order valence-corrected chi connectivity index (χ4v) is 0.709. The summed E-state index contributed by atoms with van der Waals surface area (Å²) in [5.74, 6) is 4.81. The van der Waals surface area contributed by atoms with E-state index < -0.39 is 0 Å². The van der Waals surface area contributed by atoms with Crippen LogP contribution in [0.15, 0.2) is 39.6 Å². The molecule has 0 atom stereocenters. The van der Waals surface area contributed by atoms with Crippen molar-refractivity contribution in [2.75, 3.05) is 5.73 Å². The molecule has 0 spiro atoms. The lowest BCUT2D eigenvalue weighted by Gasteiger charge is -1.92. The molecule has 0 bridgehead atoms. The fourth-order valence-electron chi connectivity index (χ4n) is 0.709. The molecule has 0 amide bonds. The third-order valence-electron chi connectivity index (χ3n) is 1.16. The molecule has 12 heavy (non-hydrogen) atoms. The molecule has 0 unspecified atom stereocenters. The molecule has 0 aliphatic heterocycles. The Morgan fingerprint density at radius 2 is 2.17 bits per heavy atom. The summed E-state index contributed by atoms with van der Waals surface area (Å²) in [4.78, 5) is 0. The molecule has 5 nitrogen and oxygen atoms in total. The number of nitrogens with two attached hydrogens (primary N) is 2. The minimum absolute atomic E-state index is 0.649. The van der Waals surface area contributed by atoms with Gasteiger partial charge in [-0.15, -0.1) is 10.2 Å². The monoisotopic (exact) mass is 163 g/mol. The standard InChI is InChI=1S/C7H9N5/c8-6-2-1-3-7(4-6)12-11-5-10-9/h1-5H,8-9H2. The summed E-state index contributed by atoms with van der Waals surface area (Å²) in [6.07, 6.45) is 1.16. The predicted molar refractivity (Wildman–Crippen MR) is 48.0 cm³/mol. The maximum atomic E-state index is 5.50. The zero-order chi connectivity index (χ0) is 8.81. The third kappa shape index (κ3) is 2.37. The van der Waals surface area contributed by atoms with Gasteiger partial charge in [0.05, 0.1) is 5.69 Å². The molecular weight excluding hydrogens is 154 g/mol. The van der Waals surface area contributed by atoms with Crippen molar-refractivity contribution in [2.45, 2.75) is 0 Å². The molecule has 0 aliphatic rings. The lowest BCUT2D eigenvalue weighted by Crippen LogP contribution is -1.81. The zero-order valence-corrected chi connectivity index (χ0v) is 6.38. The Bertz CT molecular complexity index is 304. The van der Waals surface area contributed by atoms with Gasteiger partial charge < -0.3 is 11.6 Å². The normalized spacial score (nSPS) is 11.3. The van der Waals surface area contributed by atoms with Crippen molar-refractivity contribution >= 4 is 17.7 Å². The second-order valence-electron chi connectivity index (χ2n) is 2.07. The van der Waals surface area contributed by atoms with Gasteiger partial charge in [0.25, 0.3) is 0 Å². The number of nitrogens with zero attached hydrogens (tertiary/aromatic N) is 3. The first-order chi connectivity index (χ1) is 5.83. The molecule has 0 aliphatic carbocycles. The summed E-state index contributed by atoms with van der Waals surface area (Å²) in [6.45, 7) is 0. The molecule has 1 rings (SSSR count). The first-order valence-corrected chi connectivity index (χ1v) is 3.31. The predicted octanol–water partition coefficient (Wildman–Crippen LogP) is 1.25. The van der Waals surface area contributed by atoms with Crippen LogP contribution in [0.2, 0.25) is 0 Å². The molecule has 62 valence electrons. The van der Waals surface area contributed by atoms with Crippen molar-refractivity contribution in [3.63, 3.8) is 0 Å². The second-order valence-corrected chi connectivity index (χ2v) is 2.07. The van der Waals surface area contributed by atoms with E-state index in [0.29, 0.717) is 11.4 Å². The number of hydrogen-bond donors (Lipinski definition) is 2. The van der Waals surface area contributed by atoms with Crippen LogP contribution in [0.3, 0.4) is 0 Å². The summed E-state index contributed by atoms with van der Waals surface area (Å²) >= 11 is 0. The van der Waals surface area contributed by atoms with Gasteiger partial charge in [0.1, 0.15) is 0 Å². The van der Waals surface area contributed by atoms with Crippen molar-refractivity contribution in [1.29, 1.82) is 0 Å². The van der Waals surface area contributed by atoms with E-state index in [9.17, 15) is 0 Å². The molecule has 0 radical (unpaired) electrons. The summed E-state index contributed by atoms with van der Waals surface area (Å²) in [7, 11) is 0. The number of hydrazone groups is 1. The Labute approximate surface area is 69.8 Å². The Balaban J connectivity index is 2.76. The molecule has 0 fully saturated rings. The Hall–Kier alpha value is -1.91. The van der Waals surface area contributed by atoms with Gasteiger partial charge >= 0.3 is 0 Å². The quantitative estimate of drug-likeness (QED) is 0.171. The van der Waals surface area contributed by atoms with Crippen LogP contribution in [0.5, 0.6) is 0 Å². The molecule has 0 aromatic heterocycles. The van der Waals surface area contributed by atoms with E-state index in [1.807, 2.05) is 0 Å². The van der Waals surface area contributed by atoms with Crippen molar-refractivity contribution in [2.24, 2.45) is 21.2 Å². The van der Waals surface area contributed by atoms with E-state index >= 15 is 0 Å². The van der Waals surface area contributed by atoms with Crippen LogP contribution in [0.25, 0.3) is 0 Å². The smallest absolute Gasteiger partial charge is 0.157 e. The topological polar surface area (TPSA) is 89.1 Å². The largest absolute Gasteiger partial charge is 0.399 e. The van der Waals surface area contributed by atoms with Crippen molar-refractivity contribution in [3.8, 4) is 0 Å². The SMILES string of the molecule is NN=CN=Nc1cccc(N)c1. The molecule has 0 saturated heterocycles. The van der Waals surface area contributed by atoms with Crippen LogP contribution in [0, 0.1) is 0 Å². The summed E-state index contributed by atoms with van der Waals surface area (Å²) < 4.78 is 0. The van der Waals surface area contributed by atoms with E-state index in [4.69, 9.17) is 11.6 Å². The van der Waals surface area contributed by atoms with Gasteiger partial charge in [-0.2, -0.15) is 5.10 Å². The maximum absolute atomic E-state index is 5.50. The number of azo groups is 1.